The predicted molar refractivity (Wildman–Crippen MR) is 80.0 cm³/mol. The summed E-state index contributed by atoms with van der Waals surface area (Å²) in [4.78, 5) is 0. The van der Waals surface area contributed by atoms with Crippen molar-refractivity contribution in [3.63, 3.8) is 0 Å². The molecule has 0 radical (unpaired) electrons. The molecule has 0 saturated heterocycles. The van der Waals surface area contributed by atoms with E-state index in [-0.39, 0.29) is 11.9 Å². The summed E-state index contributed by atoms with van der Waals surface area (Å²) in [5, 5.41) is 10.3. The average molecular weight is 353 g/mol. The summed E-state index contributed by atoms with van der Waals surface area (Å²) in [5.74, 6) is 0.882. The van der Waals surface area contributed by atoms with Gasteiger partial charge in [-0.1, -0.05) is 6.07 Å². The first kappa shape index (κ1) is 14.4. The number of aliphatic hydroxyl groups excluding tert-OH is 1. The standard InChI is InChI=1S/C16H14BrFO3/c1-20-10-3-4-11-14(19)8-15(21-16(11)7-10)9-2-5-12(17)13(18)6-9/h2-7,14-15,19H,8H2,1H3/t14-,15?/m1/s1. The fourth-order valence-electron chi connectivity index (χ4n) is 2.47. The lowest BCUT2D eigenvalue weighted by Gasteiger charge is -2.30. The molecular weight excluding hydrogens is 339 g/mol. The zero-order valence-electron chi connectivity index (χ0n) is 11.3. The number of fused-ring (bicyclic) bond motifs is 1. The van der Waals surface area contributed by atoms with Gasteiger partial charge in [0, 0.05) is 18.1 Å². The largest absolute Gasteiger partial charge is 0.497 e. The van der Waals surface area contributed by atoms with Gasteiger partial charge >= 0.3 is 0 Å². The van der Waals surface area contributed by atoms with Crippen LogP contribution in [0.4, 0.5) is 4.39 Å². The van der Waals surface area contributed by atoms with Gasteiger partial charge in [0.2, 0.25) is 0 Å². The predicted octanol–water partition coefficient (Wildman–Crippen LogP) is 4.15. The Bertz CT molecular complexity index is 675. The van der Waals surface area contributed by atoms with E-state index in [1.165, 1.54) is 6.07 Å². The molecule has 1 unspecified atom stereocenters. The summed E-state index contributed by atoms with van der Waals surface area (Å²) in [5.41, 5.74) is 1.42. The van der Waals surface area contributed by atoms with E-state index in [0.29, 0.717) is 28.0 Å². The highest BCUT2D eigenvalue weighted by Crippen LogP contribution is 2.42. The minimum atomic E-state index is -0.642. The number of ether oxygens (including phenoxy) is 2. The van der Waals surface area contributed by atoms with Crippen LogP contribution in [0.5, 0.6) is 11.5 Å². The SMILES string of the molecule is COc1ccc2c(c1)OC(c1ccc(Br)c(F)c1)C[C@H]2O. The molecule has 2 aromatic rings. The molecule has 1 aliphatic rings. The Kier molecular flexibility index (Phi) is 3.87. The summed E-state index contributed by atoms with van der Waals surface area (Å²) in [6, 6.07) is 10.2. The van der Waals surface area contributed by atoms with Gasteiger partial charge in [-0.15, -0.1) is 0 Å². The smallest absolute Gasteiger partial charge is 0.137 e. The Hall–Kier alpha value is -1.59. The number of hydrogen-bond acceptors (Lipinski definition) is 3. The normalized spacial score (nSPS) is 20.6. The molecule has 3 rings (SSSR count). The van der Waals surface area contributed by atoms with Gasteiger partial charge in [-0.25, -0.2) is 4.39 Å². The van der Waals surface area contributed by atoms with Crippen molar-refractivity contribution in [2.75, 3.05) is 7.11 Å². The van der Waals surface area contributed by atoms with Gasteiger partial charge < -0.3 is 14.6 Å². The van der Waals surface area contributed by atoms with Crippen molar-refractivity contribution in [3.05, 3.63) is 57.8 Å². The molecule has 1 heterocycles. The molecule has 0 aliphatic carbocycles. The van der Waals surface area contributed by atoms with Crippen LogP contribution in [0.2, 0.25) is 0 Å². The molecule has 3 nitrogen and oxygen atoms in total. The topological polar surface area (TPSA) is 38.7 Å². The number of aliphatic hydroxyl groups is 1. The summed E-state index contributed by atoms with van der Waals surface area (Å²) < 4.78 is 25.1. The second kappa shape index (κ2) is 5.66. The fraction of sp³-hybridized carbons (Fsp3) is 0.250. The second-order valence-electron chi connectivity index (χ2n) is 4.94. The molecule has 2 aromatic carbocycles. The Morgan fingerprint density at radius 3 is 2.81 bits per heavy atom. The molecule has 1 aliphatic heterocycles. The quantitative estimate of drug-likeness (QED) is 0.882. The van der Waals surface area contributed by atoms with Crippen LogP contribution in [-0.2, 0) is 0 Å². The maximum Gasteiger partial charge on any atom is 0.137 e. The van der Waals surface area contributed by atoms with Crippen molar-refractivity contribution < 1.29 is 19.0 Å². The van der Waals surface area contributed by atoms with Gasteiger partial charge in [-0.3, -0.25) is 0 Å². The highest BCUT2D eigenvalue weighted by molar-refractivity contribution is 9.10. The molecular formula is C16H14BrFO3. The zero-order valence-corrected chi connectivity index (χ0v) is 12.9. The zero-order chi connectivity index (χ0) is 15.0. The van der Waals surface area contributed by atoms with Crippen LogP contribution in [0.25, 0.3) is 0 Å². The van der Waals surface area contributed by atoms with Crippen LogP contribution in [0.15, 0.2) is 40.9 Å². The molecule has 0 aromatic heterocycles. The fourth-order valence-corrected chi connectivity index (χ4v) is 2.71. The van der Waals surface area contributed by atoms with E-state index in [2.05, 4.69) is 15.9 Å². The Balaban J connectivity index is 1.94. The van der Waals surface area contributed by atoms with Gasteiger partial charge in [0.25, 0.3) is 0 Å². The number of hydrogen-bond donors (Lipinski definition) is 1. The van der Waals surface area contributed by atoms with Crippen molar-refractivity contribution in [1.82, 2.24) is 0 Å². The van der Waals surface area contributed by atoms with Gasteiger partial charge in [0.15, 0.2) is 0 Å². The lowest BCUT2D eigenvalue weighted by atomic mass is 9.95. The molecule has 110 valence electrons. The van der Waals surface area contributed by atoms with Gasteiger partial charge in [-0.05, 0) is 45.8 Å². The molecule has 1 N–H and O–H groups in total. The molecule has 0 amide bonds. The molecule has 0 spiro atoms. The van der Waals surface area contributed by atoms with E-state index in [1.807, 2.05) is 0 Å². The highest BCUT2D eigenvalue weighted by atomic mass is 79.9. The Morgan fingerprint density at radius 1 is 1.29 bits per heavy atom. The highest BCUT2D eigenvalue weighted by Gasteiger charge is 2.28. The third-order valence-electron chi connectivity index (χ3n) is 3.60. The summed E-state index contributed by atoms with van der Waals surface area (Å²) in [7, 11) is 1.57. The van der Waals surface area contributed by atoms with Crippen LogP contribution in [0, 0.1) is 5.82 Å². The van der Waals surface area contributed by atoms with Crippen LogP contribution in [0.3, 0.4) is 0 Å². The van der Waals surface area contributed by atoms with E-state index in [1.54, 1.807) is 37.4 Å². The van der Waals surface area contributed by atoms with Crippen molar-refractivity contribution in [3.8, 4) is 11.5 Å². The summed E-state index contributed by atoms with van der Waals surface area (Å²) >= 11 is 3.13. The number of benzene rings is 2. The monoisotopic (exact) mass is 352 g/mol. The summed E-state index contributed by atoms with van der Waals surface area (Å²) in [6.07, 6.45) is -0.640. The maximum absolute atomic E-state index is 13.7. The first-order valence-electron chi connectivity index (χ1n) is 6.56. The first-order chi connectivity index (χ1) is 10.1. The lowest BCUT2D eigenvalue weighted by molar-refractivity contribution is 0.0653. The lowest BCUT2D eigenvalue weighted by Crippen LogP contribution is -2.19. The molecule has 0 saturated carbocycles. The molecule has 5 heteroatoms. The van der Waals surface area contributed by atoms with Crippen LogP contribution in [0.1, 0.15) is 29.8 Å². The van der Waals surface area contributed by atoms with Gasteiger partial charge in [-0.2, -0.15) is 0 Å². The minimum Gasteiger partial charge on any atom is -0.497 e. The maximum atomic E-state index is 13.7. The number of methoxy groups -OCH3 is 1. The molecule has 0 fully saturated rings. The third-order valence-corrected chi connectivity index (χ3v) is 4.24. The second-order valence-corrected chi connectivity index (χ2v) is 5.79. The average Bonchev–Trinajstić information content (AvgIpc) is 2.49. The van der Waals surface area contributed by atoms with Crippen molar-refractivity contribution in [1.29, 1.82) is 0 Å². The van der Waals surface area contributed by atoms with E-state index in [0.717, 1.165) is 5.56 Å². The number of rotatable bonds is 2. The van der Waals surface area contributed by atoms with Crippen molar-refractivity contribution in [2.24, 2.45) is 0 Å². The van der Waals surface area contributed by atoms with Crippen LogP contribution in [-0.4, -0.2) is 12.2 Å². The Morgan fingerprint density at radius 2 is 2.10 bits per heavy atom. The van der Waals surface area contributed by atoms with E-state index >= 15 is 0 Å². The van der Waals surface area contributed by atoms with Crippen LogP contribution >= 0.6 is 15.9 Å². The minimum absolute atomic E-state index is 0.345. The molecule has 2 atom stereocenters. The van der Waals surface area contributed by atoms with Crippen LogP contribution < -0.4 is 9.47 Å². The Labute approximate surface area is 130 Å². The number of halogens is 2. The van der Waals surface area contributed by atoms with E-state index < -0.39 is 6.10 Å². The first-order valence-corrected chi connectivity index (χ1v) is 7.35. The van der Waals surface area contributed by atoms with E-state index in [4.69, 9.17) is 9.47 Å². The van der Waals surface area contributed by atoms with Crippen molar-refractivity contribution in [2.45, 2.75) is 18.6 Å². The van der Waals surface area contributed by atoms with Gasteiger partial charge in [0.05, 0.1) is 17.7 Å². The molecule has 21 heavy (non-hydrogen) atoms. The van der Waals surface area contributed by atoms with E-state index in [9.17, 15) is 9.50 Å². The van der Waals surface area contributed by atoms with Crippen molar-refractivity contribution >= 4 is 15.9 Å². The van der Waals surface area contributed by atoms with Gasteiger partial charge in [0.1, 0.15) is 23.4 Å². The molecule has 0 bridgehead atoms. The third kappa shape index (κ3) is 2.76. The summed E-state index contributed by atoms with van der Waals surface area (Å²) in [6.45, 7) is 0.